The van der Waals surface area contributed by atoms with Gasteiger partial charge in [-0.05, 0) is 46.0 Å². The number of nitrogens with zero attached hydrogens (tertiary/aromatic N) is 3. The Bertz CT molecular complexity index is 893. The third-order valence-electron chi connectivity index (χ3n) is 8.86. The smallest absolute Gasteiger partial charge is 0.248 e. The van der Waals surface area contributed by atoms with Crippen molar-refractivity contribution in [2.24, 2.45) is 11.8 Å². The van der Waals surface area contributed by atoms with Gasteiger partial charge in [-0.15, -0.1) is 13.2 Å². The predicted octanol–water partition coefficient (Wildman–Crippen LogP) is 3.15. The van der Waals surface area contributed by atoms with Crippen LogP contribution in [-0.2, 0) is 19.1 Å². The van der Waals surface area contributed by atoms with Gasteiger partial charge in [0.05, 0.1) is 30.1 Å². The molecule has 0 aliphatic carbocycles. The number of carbonyl (C=O) groups excluding carboxylic acids is 3. The lowest BCUT2D eigenvalue weighted by molar-refractivity contribution is -0.158. The van der Waals surface area contributed by atoms with E-state index >= 15 is 0 Å². The van der Waals surface area contributed by atoms with Gasteiger partial charge >= 0.3 is 0 Å². The first-order chi connectivity index (χ1) is 17.6. The zero-order valence-electron chi connectivity index (χ0n) is 23.4. The average Bonchev–Trinajstić information content (AvgIpc) is 3.49. The van der Waals surface area contributed by atoms with E-state index in [4.69, 9.17) is 4.74 Å². The highest BCUT2D eigenvalue weighted by atomic mass is 16.5. The summed E-state index contributed by atoms with van der Waals surface area (Å²) in [5, 5.41) is 10.1. The predicted molar refractivity (Wildman–Crippen MR) is 144 cm³/mol. The van der Waals surface area contributed by atoms with E-state index in [2.05, 4.69) is 20.1 Å². The lowest BCUT2D eigenvalue weighted by atomic mass is 9.64. The molecule has 3 saturated heterocycles. The molecule has 3 rings (SSSR count). The number of fused-ring (bicyclic) bond motifs is 1. The van der Waals surface area contributed by atoms with Crippen molar-refractivity contribution in [1.29, 1.82) is 0 Å². The van der Waals surface area contributed by atoms with Crippen molar-refractivity contribution in [2.75, 3.05) is 26.2 Å². The Morgan fingerprint density at radius 2 is 1.81 bits per heavy atom. The van der Waals surface area contributed by atoms with Crippen LogP contribution in [0.4, 0.5) is 0 Å². The first kappa shape index (κ1) is 29.4. The van der Waals surface area contributed by atoms with Crippen LogP contribution in [0.2, 0.25) is 0 Å². The van der Waals surface area contributed by atoms with Crippen LogP contribution in [0.5, 0.6) is 0 Å². The molecule has 37 heavy (non-hydrogen) atoms. The van der Waals surface area contributed by atoms with Crippen molar-refractivity contribution in [3.8, 4) is 0 Å². The van der Waals surface area contributed by atoms with Gasteiger partial charge in [-0.3, -0.25) is 14.4 Å². The van der Waals surface area contributed by atoms with Gasteiger partial charge in [-0.2, -0.15) is 0 Å². The number of amides is 3. The number of hydrogen-bond donors (Lipinski definition) is 1. The minimum Gasteiger partial charge on any atom is -0.394 e. The number of rotatable bonds is 14. The molecule has 2 bridgehead atoms. The zero-order chi connectivity index (χ0) is 27.5. The minimum atomic E-state index is -1.09. The van der Waals surface area contributed by atoms with E-state index in [9.17, 15) is 19.5 Å². The Hall–Kier alpha value is -2.19. The molecule has 3 amide bonds. The fourth-order valence-corrected chi connectivity index (χ4v) is 7.14. The molecule has 7 atom stereocenters. The van der Waals surface area contributed by atoms with Gasteiger partial charge in [-0.25, -0.2) is 0 Å². The largest absolute Gasteiger partial charge is 0.394 e. The molecular formula is C29H47N3O5. The standard InChI is InChI=1S/C29H47N3O5/c1-8-13-20(6)31(18-11-4)27(36)24-29-15-14-28(12-5,37-29)22(25(34)30(16-9-2)17-10-3)23(29)26(35)32(24)21(7)19-33/h9,11,20-24,33H,2,4,8,10,12-19H2,1,3,5-7H3/t20?,21-,22+,23+,24?,28-,29?/m1/s1. The molecule has 208 valence electrons. The number of aliphatic hydroxyl groups is 1. The first-order valence-electron chi connectivity index (χ1n) is 14.1. The zero-order valence-corrected chi connectivity index (χ0v) is 23.4. The van der Waals surface area contributed by atoms with Gasteiger partial charge in [0, 0.05) is 25.7 Å². The second-order valence-corrected chi connectivity index (χ2v) is 11.1. The fraction of sp³-hybridized carbons (Fsp3) is 0.759. The lowest BCUT2D eigenvalue weighted by Gasteiger charge is -2.40. The first-order valence-corrected chi connectivity index (χ1v) is 14.1. The summed E-state index contributed by atoms with van der Waals surface area (Å²) < 4.78 is 6.87. The van der Waals surface area contributed by atoms with E-state index in [1.54, 1.807) is 28.9 Å². The summed E-state index contributed by atoms with van der Waals surface area (Å²) in [4.78, 5) is 47.8. The molecule has 0 saturated carbocycles. The van der Waals surface area contributed by atoms with Gasteiger partial charge in [0.1, 0.15) is 11.6 Å². The fourth-order valence-electron chi connectivity index (χ4n) is 7.14. The molecular weight excluding hydrogens is 470 g/mol. The highest BCUT2D eigenvalue weighted by molar-refractivity contribution is 5.99. The summed E-state index contributed by atoms with van der Waals surface area (Å²) in [5.41, 5.74) is -1.87. The third-order valence-corrected chi connectivity index (χ3v) is 8.86. The SMILES string of the molecule is C=CCN(CCC)C(=O)[C@@H]1[C@H]2C(=O)N([C@H](C)CO)C(C(=O)N(CC=C)C(C)CCC)C23CC[C@@]1(CC)O3. The summed E-state index contributed by atoms with van der Waals surface area (Å²) >= 11 is 0. The van der Waals surface area contributed by atoms with Gasteiger partial charge < -0.3 is 24.5 Å². The molecule has 3 heterocycles. The number of ether oxygens (including phenoxy) is 1. The molecule has 3 aliphatic rings. The second kappa shape index (κ2) is 11.7. The average molecular weight is 518 g/mol. The van der Waals surface area contributed by atoms with E-state index < -0.39 is 35.1 Å². The Kier molecular flexibility index (Phi) is 9.27. The van der Waals surface area contributed by atoms with Crippen molar-refractivity contribution in [1.82, 2.24) is 14.7 Å². The Morgan fingerprint density at radius 1 is 1.14 bits per heavy atom. The quantitative estimate of drug-likeness (QED) is 0.358. The van der Waals surface area contributed by atoms with Crippen LogP contribution in [-0.4, -0.2) is 93.1 Å². The molecule has 8 nitrogen and oxygen atoms in total. The van der Waals surface area contributed by atoms with Crippen molar-refractivity contribution in [3.63, 3.8) is 0 Å². The lowest BCUT2D eigenvalue weighted by Crippen LogP contribution is -2.59. The molecule has 3 fully saturated rings. The molecule has 1 N–H and O–H groups in total. The summed E-state index contributed by atoms with van der Waals surface area (Å²) in [6, 6.07) is -1.52. The minimum absolute atomic E-state index is 0.0452. The van der Waals surface area contributed by atoms with E-state index in [1.165, 1.54) is 4.90 Å². The highest BCUT2D eigenvalue weighted by Crippen LogP contribution is 2.65. The number of likely N-dealkylation sites (tertiary alicyclic amines) is 1. The third kappa shape index (κ3) is 4.65. The maximum Gasteiger partial charge on any atom is 0.248 e. The monoisotopic (exact) mass is 517 g/mol. The van der Waals surface area contributed by atoms with Crippen LogP contribution in [0.3, 0.4) is 0 Å². The van der Waals surface area contributed by atoms with E-state index in [-0.39, 0.29) is 30.4 Å². The van der Waals surface area contributed by atoms with Crippen LogP contribution >= 0.6 is 0 Å². The topological polar surface area (TPSA) is 90.4 Å². The van der Waals surface area contributed by atoms with Crippen molar-refractivity contribution < 1.29 is 24.2 Å². The van der Waals surface area contributed by atoms with E-state index in [1.807, 2.05) is 20.8 Å². The maximum atomic E-state index is 14.4. The van der Waals surface area contributed by atoms with Gasteiger partial charge in [0.2, 0.25) is 17.7 Å². The summed E-state index contributed by atoms with van der Waals surface area (Å²) in [6.45, 7) is 18.6. The van der Waals surface area contributed by atoms with Crippen LogP contribution in [0.1, 0.15) is 73.1 Å². The van der Waals surface area contributed by atoms with Gasteiger partial charge in [-0.1, -0.05) is 39.3 Å². The second-order valence-electron chi connectivity index (χ2n) is 11.1. The Labute approximate surface area is 222 Å². The van der Waals surface area contributed by atoms with Gasteiger partial charge in [0.25, 0.3) is 0 Å². The molecule has 0 aromatic carbocycles. The Balaban J connectivity index is 2.14. The van der Waals surface area contributed by atoms with E-state index in [0.29, 0.717) is 38.9 Å². The van der Waals surface area contributed by atoms with Gasteiger partial charge in [0.15, 0.2) is 0 Å². The summed E-state index contributed by atoms with van der Waals surface area (Å²) in [7, 11) is 0. The van der Waals surface area contributed by atoms with Crippen LogP contribution in [0.25, 0.3) is 0 Å². The molecule has 3 aliphatic heterocycles. The van der Waals surface area contributed by atoms with E-state index in [0.717, 1.165) is 19.3 Å². The van der Waals surface area contributed by atoms with Crippen LogP contribution < -0.4 is 0 Å². The molecule has 8 heteroatoms. The van der Waals surface area contributed by atoms with Crippen LogP contribution in [0, 0.1) is 11.8 Å². The summed E-state index contributed by atoms with van der Waals surface area (Å²) in [5.74, 6) is -1.97. The number of aliphatic hydroxyl groups excluding tert-OH is 1. The van der Waals surface area contributed by atoms with Crippen molar-refractivity contribution in [2.45, 2.75) is 102 Å². The summed E-state index contributed by atoms with van der Waals surface area (Å²) in [6.07, 6.45) is 7.68. The maximum absolute atomic E-state index is 14.4. The Morgan fingerprint density at radius 3 is 2.35 bits per heavy atom. The normalized spacial score (nSPS) is 31.7. The highest BCUT2D eigenvalue weighted by Gasteiger charge is 2.79. The number of carbonyl (C=O) groups is 3. The molecule has 0 radical (unpaired) electrons. The molecule has 1 spiro atoms. The molecule has 3 unspecified atom stereocenters. The molecule has 0 aromatic rings. The number of hydrogen-bond acceptors (Lipinski definition) is 5. The molecule has 0 aromatic heterocycles. The van der Waals surface area contributed by atoms with Crippen molar-refractivity contribution >= 4 is 17.7 Å². The van der Waals surface area contributed by atoms with Crippen molar-refractivity contribution in [3.05, 3.63) is 25.3 Å². The van der Waals surface area contributed by atoms with Crippen LogP contribution in [0.15, 0.2) is 25.3 Å².